The molecule has 2 rings (SSSR count). The minimum atomic E-state index is -3.83. The van der Waals surface area contributed by atoms with Crippen LogP contribution in [0.15, 0.2) is 23.1 Å². The van der Waals surface area contributed by atoms with E-state index in [4.69, 9.17) is 16.3 Å². The van der Waals surface area contributed by atoms with E-state index in [9.17, 15) is 22.4 Å². The quantitative estimate of drug-likeness (QED) is 0.692. The Kier molecular flexibility index (Phi) is 6.59. The number of esters is 1. The summed E-state index contributed by atoms with van der Waals surface area (Å²) in [6.07, 6.45) is 0. The Bertz CT molecular complexity index is 792. The summed E-state index contributed by atoms with van der Waals surface area (Å²) in [6, 6.07) is 3.21. The second-order valence-electron chi connectivity index (χ2n) is 6.12. The normalized spacial score (nSPS) is 16.0. The molecule has 0 radical (unpaired) electrons. The summed E-state index contributed by atoms with van der Waals surface area (Å²) in [4.78, 5) is 24.8. The van der Waals surface area contributed by atoms with Gasteiger partial charge in [-0.05, 0) is 18.2 Å². The first-order valence-electron chi connectivity index (χ1n) is 8.02. The van der Waals surface area contributed by atoms with E-state index >= 15 is 0 Å². The third kappa shape index (κ3) is 4.72. The molecule has 0 unspecified atom stereocenters. The predicted octanol–water partition coefficient (Wildman–Crippen LogP) is 1.51. The highest BCUT2D eigenvalue weighted by atomic mass is 35.5. The fourth-order valence-corrected chi connectivity index (χ4v) is 4.05. The third-order valence-corrected chi connectivity index (χ3v) is 6.11. The molecule has 1 aliphatic heterocycles. The van der Waals surface area contributed by atoms with Gasteiger partial charge in [-0.2, -0.15) is 4.31 Å². The van der Waals surface area contributed by atoms with Gasteiger partial charge < -0.3 is 9.64 Å². The number of halogens is 2. The van der Waals surface area contributed by atoms with Crippen molar-refractivity contribution in [3.8, 4) is 0 Å². The van der Waals surface area contributed by atoms with Crippen LogP contribution >= 0.6 is 11.6 Å². The number of carbonyl (C=O) groups excluding carboxylic acids is 2. The summed E-state index contributed by atoms with van der Waals surface area (Å²) < 4.78 is 44.5. The van der Waals surface area contributed by atoms with E-state index in [0.29, 0.717) is 0 Å². The van der Waals surface area contributed by atoms with Gasteiger partial charge in [0, 0.05) is 26.2 Å². The molecule has 1 aliphatic rings. The molecular weight excluding hydrogens is 387 g/mol. The molecule has 0 saturated carbocycles. The molecule has 0 spiro atoms. The van der Waals surface area contributed by atoms with E-state index < -0.39 is 21.8 Å². The van der Waals surface area contributed by atoms with Gasteiger partial charge in [-0.25, -0.2) is 12.8 Å². The standard InChI is InChI=1S/C16H20ClFN2O5S/c1-11(2)16(22)25-10-15(21)19-5-7-20(8-6-19)26(23,24)12-3-4-14(18)13(17)9-12/h3-4,9,11H,5-8,10H2,1-2H3. The molecule has 1 amide bonds. The second kappa shape index (κ2) is 8.32. The molecular formula is C16H20ClFN2O5S. The molecule has 1 fully saturated rings. The fourth-order valence-electron chi connectivity index (χ4n) is 2.36. The molecule has 144 valence electrons. The lowest BCUT2D eigenvalue weighted by atomic mass is 10.2. The van der Waals surface area contributed by atoms with E-state index in [1.165, 1.54) is 9.21 Å². The van der Waals surface area contributed by atoms with Crippen molar-refractivity contribution in [2.45, 2.75) is 18.7 Å². The van der Waals surface area contributed by atoms with Crippen molar-refractivity contribution in [1.29, 1.82) is 0 Å². The Morgan fingerprint density at radius 1 is 1.23 bits per heavy atom. The van der Waals surface area contributed by atoms with Crippen LogP contribution in [0.4, 0.5) is 4.39 Å². The maximum absolute atomic E-state index is 13.2. The van der Waals surface area contributed by atoms with Gasteiger partial charge in [0.1, 0.15) is 5.82 Å². The number of nitrogens with zero attached hydrogens (tertiary/aromatic N) is 2. The van der Waals surface area contributed by atoms with Crippen LogP contribution in [0.1, 0.15) is 13.8 Å². The summed E-state index contributed by atoms with van der Waals surface area (Å²) in [7, 11) is -3.83. The zero-order valence-corrected chi connectivity index (χ0v) is 16.0. The summed E-state index contributed by atoms with van der Waals surface area (Å²) in [5.41, 5.74) is 0. The lowest BCUT2D eigenvalue weighted by molar-refractivity contribution is -0.155. The molecule has 0 bridgehead atoms. The first-order valence-corrected chi connectivity index (χ1v) is 9.84. The number of ether oxygens (including phenoxy) is 1. The zero-order chi connectivity index (χ0) is 19.5. The largest absolute Gasteiger partial charge is 0.455 e. The van der Waals surface area contributed by atoms with Gasteiger partial charge in [-0.3, -0.25) is 9.59 Å². The van der Waals surface area contributed by atoms with Gasteiger partial charge in [0.25, 0.3) is 5.91 Å². The first-order chi connectivity index (χ1) is 12.1. The van der Waals surface area contributed by atoms with Crippen LogP contribution in [0.2, 0.25) is 5.02 Å². The van der Waals surface area contributed by atoms with E-state index in [2.05, 4.69) is 0 Å². The van der Waals surface area contributed by atoms with Crippen molar-refractivity contribution >= 4 is 33.5 Å². The molecule has 10 heteroatoms. The fraction of sp³-hybridized carbons (Fsp3) is 0.500. The van der Waals surface area contributed by atoms with Crippen molar-refractivity contribution < 1.29 is 27.1 Å². The van der Waals surface area contributed by atoms with Crippen LogP contribution in [0.25, 0.3) is 0 Å². The van der Waals surface area contributed by atoms with Gasteiger partial charge in [0.2, 0.25) is 10.0 Å². The highest BCUT2D eigenvalue weighted by Crippen LogP contribution is 2.23. The highest BCUT2D eigenvalue weighted by Gasteiger charge is 2.30. The van der Waals surface area contributed by atoms with Crippen LogP contribution < -0.4 is 0 Å². The Balaban J connectivity index is 1.95. The van der Waals surface area contributed by atoms with Gasteiger partial charge in [-0.1, -0.05) is 25.4 Å². The number of benzene rings is 1. The maximum Gasteiger partial charge on any atom is 0.308 e. The Labute approximate surface area is 156 Å². The van der Waals surface area contributed by atoms with Crippen molar-refractivity contribution in [1.82, 2.24) is 9.21 Å². The Morgan fingerprint density at radius 3 is 2.38 bits per heavy atom. The molecule has 0 N–H and O–H groups in total. The second-order valence-corrected chi connectivity index (χ2v) is 8.47. The van der Waals surface area contributed by atoms with Gasteiger partial charge in [-0.15, -0.1) is 0 Å². The Hall–Kier alpha value is -1.71. The number of sulfonamides is 1. The molecule has 0 aromatic heterocycles. The predicted molar refractivity (Wildman–Crippen MR) is 92.5 cm³/mol. The Morgan fingerprint density at radius 2 is 1.85 bits per heavy atom. The van der Waals surface area contributed by atoms with Gasteiger partial charge in [0.15, 0.2) is 6.61 Å². The molecule has 1 aromatic rings. The lowest BCUT2D eigenvalue weighted by Crippen LogP contribution is -2.51. The average molecular weight is 407 g/mol. The summed E-state index contributed by atoms with van der Waals surface area (Å²) in [5.74, 6) is -1.86. The SMILES string of the molecule is CC(C)C(=O)OCC(=O)N1CCN(S(=O)(=O)c2ccc(F)c(Cl)c2)CC1. The van der Waals surface area contributed by atoms with E-state index in [1.807, 2.05) is 0 Å². The molecule has 0 aliphatic carbocycles. The van der Waals surface area contributed by atoms with Crippen LogP contribution in [0.5, 0.6) is 0 Å². The zero-order valence-electron chi connectivity index (χ0n) is 14.4. The van der Waals surface area contributed by atoms with E-state index in [1.54, 1.807) is 13.8 Å². The first kappa shape index (κ1) is 20.6. The van der Waals surface area contributed by atoms with Crippen molar-refractivity contribution in [2.24, 2.45) is 5.92 Å². The third-order valence-electron chi connectivity index (χ3n) is 3.93. The van der Waals surface area contributed by atoms with Gasteiger partial charge in [0.05, 0.1) is 15.8 Å². The number of hydrogen-bond acceptors (Lipinski definition) is 5. The number of piperazine rings is 1. The average Bonchev–Trinajstić information content (AvgIpc) is 2.61. The summed E-state index contributed by atoms with van der Waals surface area (Å²) in [6.45, 7) is 3.48. The van der Waals surface area contributed by atoms with Crippen molar-refractivity contribution in [3.05, 3.63) is 29.0 Å². The smallest absolute Gasteiger partial charge is 0.308 e. The molecule has 1 heterocycles. The molecule has 1 aromatic carbocycles. The minimum absolute atomic E-state index is 0.0845. The lowest BCUT2D eigenvalue weighted by Gasteiger charge is -2.34. The molecule has 1 saturated heterocycles. The summed E-state index contributed by atoms with van der Waals surface area (Å²) >= 11 is 5.65. The van der Waals surface area contributed by atoms with Crippen LogP contribution in [-0.2, 0) is 24.3 Å². The summed E-state index contributed by atoms with van der Waals surface area (Å²) in [5, 5.41) is -0.271. The maximum atomic E-state index is 13.2. The van der Waals surface area contributed by atoms with E-state index in [-0.39, 0.29) is 54.5 Å². The van der Waals surface area contributed by atoms with Crippen molar-refractivity contribution in [2.75, 3.05) is 32.8 Å². The van der Waals surface area contributed by atoms with Crippen LogP contribution in [0.3, 0.4) is 0 Å². The van der Waals surface area contributed by atoms with Crippen LogP contribution in [-0.4, -0.2) is 62.3 Å². The molecule has 26 heavy (non-hydrogen) atoms. The molecule has 7 nitrogen and oxygen atoms in total. The number of hydrogen-bond donors (Lipinski definition) is 0. The highest BCUT2D eigenvalue weighted by molar-refractivity contribution is 7.89. The number of rotatable bonds is 5. The number of amides is 1. The van der Waals surface area contributed by atoms with Gasteiger partial charge >= 0.3 is 5.97 Å². The van der Waals surface area contributed by atoms with Crippen molar-refractivity contribution in [3.63, 3.8) is 0 Å². The van der Waals surface area contributed by atoms with E-state index in [0.717, 1.165) is 18.2 Å². The van der Waals surface area contributed by atoms with Crippen LogP contribution in [0, 0.1) is 11.7 Å². The number of carbonyl (C=O) groups is 2. The minimum Gasteiger partial charge on any atom is -0.455 e. The molecule has 0 atom stereocenters. The topological polar surface area (TPSA) is 84.0 Å². The monoisotopic (exact) mass is 406 g/mol.